The van der Waals surface area contributed by atoms with E-state index in [9.17, 15) is 43.8 Å². The minimum Gasteiger partial charge on any atom is -0.450 e. The number of carbonyl (C=O) groups excluding carboxylic acids is 7. The molecule has 1 unspecified atom stereocenters. The van der Waals surface area contributed by atoms with E-state index in [0.29, 0.717) is 31.3 Å². The van der Waals surface area contributed by atoms with E-state index in [0.717, 1.165) is 0 Å². The summed E-state index contributed by atoms with van der Waals surface area (Å²) < 4.78 is 29.6. The molecular formula is C43H64ClFN4O11. The van der Waals surface area contributed by atoms with Crippen LogP contribution in [0.3, 0.4) is 0 Å². The van der Waals surface area contributed by atoms with Crippen molar-refractivity contribution in [3.63, 3.8) is 0 Å². The van der Waals surface area contributed by atoms with Crippen LogP contribution in [0.5, 0.6) is 0 Å². The van der Waals surface area contributed by atoms with Gasteiger partial charge in [-0.15, -0.1) is 12.4 Å². The number of nitrogens with one attached hydrogen (secondary N) is 2. The maximum Gasteiger partial charge on any atom is 0.331 e. The number of amides is 3. The highest BCUT2D eigenvalue weighted by Crippen LogP contribution is 2.71. The average molecular weight is 867 g/mol. The molecule has 4 fully saturated rings. The Bertz CT molecular complexity index is 1790. The van der Waals surface area contributed by atoms with Crippen molar-refractivity contribution in [2.45, 2.75) is 161 Å². The van der Waals surface area contributed by atoms with Gasteiger partial charge >= 0.3 is 11.9 Å². The molecule has 0 aromatic rings. The van der Waals surface area contributed by atoms with Gasteiger partial charge in [0.2, 0.25) is 23.5 Å². The number of ether oxygens (including phenoxy) is 2. The zero-order valence-corrected chi connectivity index (χ0v) is 36.8. The van der Waals surface area contributed by atoms with E-state index in [2.05, 4.69) is 10.6 Å². The Morgan fingerprint density at radius 1 is 1.07 bits per heavy atom. The number of aliphatic hydroxyl groups is 2. The van der Waals surface area contributed by atoms with Crippen molar-refractivity contribution in [3.05, 3.63) is 23.8 Å². The Hall–Kier alpha value is -3.73. The van der Waals surface area contributed by atoms with Crippen molar-refractivity contribution in [1.29, 1.82) is 0 Å². The number of hydrogen-bond acceptors (Lipinski definition) is 12. The topological polar surface area (TPSA) is 232 Å². The molecule has 1 heterocycles. The number of hydrogen-bond donors (Lipinski definition) is 5. The Morgan fingerprint density at radius 2 is 1.73 bits per heavy atom. The zero-order chi connectivity index (χ0) is 44.0. The van der Waals surface area contributed by atoms with E-state index in [-0.39, 0.29) is 56.8 Å². The second kappa shape index (κ2) is 18.3. The maximum absolute atomic E-state index is 17.9. The van der Waals surface area contributed by atoms with Gasteiger partial charge in [-0.05, 0) is 89.7 Å². The molecule has 0 aromatic carbocycles. The number of halogens is 2. The number of Topliss-reactive ketones (excluding diaryl/α,β-unsaturated/α-hetero) is 1. The van der Waals surface area contributed by atoms with Crippen molar-refractivity contribution in [2.75, 3.05) is 6.54 Å². The maximum atomic E-state index is 17.9. The Morgan fingerprint density at radius 3 is 2.35 bits per heavy atom. The summed E-state index contributed by atoms with van der Waals surface area (Å²) in [4.78, 5) is 95.0. The van der Waals surface area contributed by atoms with Crippen LogP contribution in [0.4, 0.5) is 4.39 Å². The number of nitrogens with zero attached hydrogens (tertiary/aromatic N) is 1. The number of likely N-dealkylation sites (tertiary alicyclic amines) is 1. The van der Waals surface area contributed by atoms with Crippen LogP contribution in [0.1, 0.15) is 113 Å². The van der Waals surface area contributed by atoms with Crippen LogP contribution in [0, 0.1) is 34.5 Å². The Balaban J connectivity index is 0.00000794. The van der Waals surface area contributed by atoms with Crippen LogP contribution in [-0.2, 0) is 43.0 Å². The minimum atomic E-state index is -2.49. The summed E-state index contributed by atoms with van der Waals surface area (Å²) in [6.45, 7) is 13.3. The standard InChI is InChI=1S/C43H63FN4O11.ClH/c1-9-10-13-32(51)59-43(23(4)19-29-28-15-14-26-20-27(49)16-17-40(26,7)42(28,44)31(50)21-41(29,43)8)34(52)39(57)58-38(56)33(22(2)3)47-36(54)30-12-11-18-48(30)37(55)25(6)46-35(53)24(5)45;/h16-17,20,22-25,28-31,33,39,50,57H,9-15,18-19,21,45H2,1-8H3,(H,46,53)(H,47,54);1H/t23-,24-,25-,28-,29-,30-,31-,33-,39?,40-,41-,42-,43-;/m0./s1. The highest BCUT2D eigenvalue weighted by molar-refractivity contribution is 6.01. The van der Waals surface area contributed by atoms with Gasteiger partial charge < -0.3 is 41.0 Å². The van der Waals surface area contributed by atoms with E-state index < -0.39 is 118 Å². The summed E-state index contributed by atoms with van der Waals surface area (Å²) in [5.41, 5.74) is -0.955. The molecule has 5 rings (SSSR count). The van der Waals surface area contributed by atoms with E-state index in [1.807, 2.05) is 6.92 Å². The van der Waals surface area contributed by atoms with Gasteiger partial charge in [-0.2, -0.15) is 0 Å². The molecule has 0 radical (unpaired) electrons. The molecule has 15 nitrogen and oxygen atoms in total. The Labute approximate surface area is 357 Å². The second-order valence-electron chi connectivity index (χ2n) is 18.3. The summed E-state index contributed by atoms with van der Waals surface area (Å²) in [5, 5.41) is 28.7. The fourth-order valence-corrected chi connectivity index (χ4v) is 11.0. The number of esters is 2. The van der Waals surface area contributed by atoms with Crippen LogP contribution in [-0.4, -0.2) is 111 Å². The highest BCUT2D eigenvalue weighted by Gasteiger charge is 2.78. The molecule has 60 heavy (non-hydrogen) atoms. The molecule has 1 saturated heterocycles. The fourth-order valence-electron chi connectivity index (χ4n) is 11.0. The molecule has 6 N–H and O–H groups in total. The zero-order valence-electron chi connectivity index (χ0n) is 36.0. The smallest absolute Gasteiger partial charge is 0.331 e. The molecule has 0 spiro atoms. The monoisotopic (exact) mass is 866 g/mol. The van der Waals surface area contributed by atoms with E-state index >= 15 is 4.39 Å². The molecule has 3 saturated carbocycles. The van der Waals surface area contributed by atoms with Crippen molar-refractivity contribution in [2.24, 2.45) is 40.2 Å². The predicted molar refractivity (Wildman–Crippen MR) is 218 cm³/mol. The van der Waals surface area contributed by atoms with Gasteiger partial charge in [0.1, 0.15) is 18.1 Å². The van der Waals surface area contributed by atoms with Gasteiger partial charge in [0.15, 0.2) is 17.1 Å². The highest BCUT2D eigenvalue weighted by atomic mass is 35.5. The number of carbonyl (C=O) groups is 7. The van der Waals surface area contributed by atoms with Gasteiger partial charge in [-0.1, -0.05) is 52.7 Å². The molecule has 13 atom stereocenters. The first-order valence-electron chi connectivity index (χ1n) is 21.1. The minimum absolute atomic E-state index is 0. The molecule has 17 heteroatoms. The van der Waals surface area contributed by atoms with Crippen LogP contribution < -0.4 is 16.4 Å². The number of ketones is 2. The van der Waals surface area contributed by atoms with Crippen molar-refractivity contribution >= 4 is 53.6 Å². The van der Waals surface area contributed by atoms with Crippen LogP contribution in [0.15, 0.2) is 23.8 Å². The van der Waals surface area contributed by atoms with E-state index in [1.165, 1.54) is 37.0 Å². The number of allylic oxidation sites excluding steroid dienone is 4. The summed E-state index contributed by atoms with van der Waals surface area (Å²) in [6.07, 6.45) is 2.29. The van der Waals surface area contributed by atoms with Crippen molar-refractivity contribution < 1.29 is 57.6 Å². The first-order chi connectivity index (χ1) is 27.5. The normalized spacial score (nSPS) is 35.0. The number of aliphatic hydroxyl groups excluding tert-OH is 2. The molecule has 4 aliphatic carbocycles. The van der Waals surface area contributed by atoms with Gasteiger partial charge in [0, 0.05) is 35.6 Å². The summed E-state index contributed by atoms with van der Waals surface area (Å²) >= 11 is 0. The van der Waals surface area contributed by atoms with E-state index in [1.54, 1.807) is 34.6 Å². The molecule has 0 bridgehead atoms. The molecule has 5 aliphatic rings. The van der Waals surface area contributed by atoms with Crippen molar-refractivity contribution in [3.8, 4) is 0 Å². The first-order valence-corrected chi connectivity index (χ1v) is 21.1. The van der Waals surface area contributed by atoms with Crippen LogP contribution >= 0.6 is 12.4 Å². The molecule has 3 amide bonds. The summed E-state index contributed by atoms with van der Waals surface area (Å²) in [6, 6.07) is -4.22. The van der Waals surface area contributed by atoms with Gasteiger partial charge in [-0.25, -0.2) is 9.18 Å². The number of nitrogens with two attached hydrogens (primary N) is 1. The number of unbranched alkanes of at least 4 members (excludes halogenated alkanes) is 1. The van der Waals surface area contributed by atoms with Crippen LogP contribution in [0.2, 0.25) is 0 Å². The average Bonchev–Trinajstić information content (AvgIpc) is 3.74. The SMILES string of the molecule is CCCCC(=O)O[C@]1(C(=O)C(O)OC(=O)[C@@H](NC(=O)[C@@H]2CCCN2C(=O)[C@H](C)NC(=O)[C@H](C)N)C(C)C)[C@@H](C)C[C@H]2[C@@H]3CCC4=CC(=O)C=C[C@]4(C)[C@@]3(F)[C@@H](O)C[C@@]21C.Cl. The quantitative estimate of drug-likeness (QED) is 0.125. The lowest BCUT2D eigenvalue weighted by molar-refractivity contribution is -0.236. The van der Waals surface area contributed by atoms with Gasteiger partial charge in [0.05, 0.1) is 12.1 Å². The van der Waals surface area contributed by atoms with Crippen LogP contribution in [0.25, 0.3) is 0 Å². The third-order valence-corrected chi connectivity index (χ3v) is 14.2. The molecule has 1 aliphatic heterocycles. The summed E-state index contributed by atoms with van der Waals surface area (Å²) in [7, 11) is 0. The third-order valence-electron chi connectivity index (χ3n) is 14.2. The van der Waals surface area contributed by atoms with Crippen molar-refractivity contribution in [1.82, 2.24) is 15.5 Å². The first kappa shape index (κ1) is 48.9. The summed E-state index contributed by atoms with van der Waals surface area (Å²) in [5.74, 6) is -7.96. The lowest BCUT2D eigenvalue weighted by Gasteiger charge is -2.62. The van der Waals surface area contributed by atoms with Gasteiger partial charge in [0.25, 0.3) is 6.29 Å². The molecule has 336 valence electrons. The lowest BCUT2D eigenvalue weighted by Crippen LogP contribution is -2.70. The largest absolute Gasteiger partial charge is 0.450 e. The molecule has 0 aromatic heterocycles. The third kappa shape index (κ3) is 8.17. The molecular weight excluding hydrogens is 803 g/mol. The van der Waals surface area contributed by atoms with E-state index in [4.69, 9.17) is 15.2 Å². The van der Waals surface area contributed by atoms with Gasteiger partial charge in [-0.3, -0.25) is 28.8 Å². The fraction of sp³-hybridized carbons (Fsp3) is 0.744. The second-order valence-corrected chi connectivity index (χ2v) is 18.3. The number of fused-ring (bicyclic) bond motifs is 5. The number of alkyl halides is 1. The predicted octanol–water partition coefficient (Wildman–Crippen LogP) is 2.91. The number of rotatable bonds is 14. The lowest BCUT2D eigenvalue weighted by atomic mass is 9.44. The Kier molecular flexibility index (Phi) is 14.9.